The molecule has 1 aliphatic heterocycles. The molecular formula is C16H24F2N2O. The van der Waals surface area contributed by atoms with Crippen molar-refractivity contribution in [2.24, 2.45) is 0 Å². The summed E-state index contributed by atoms with van der Waals surface area (Å²) in [6.07, 6.45) is 2.31. The van der Waals surface area contributed by atoms with Gasteiger partial charge in [-0.25, -0.2) is 0 Å². The summed E-state index contributed by atoms with van der Waals surface area (Å²) in [5.74, 6) is 0.206. The van der Waals surface area contributed by atoms with Crippen molar-refractivity contribution in [1.82, 2.24) is 10.2 Å². The van der Waals surface area contributed by atoms with Crippen LogP contribution in [0.3, 0.4) is 0 Å². The Kier molecular flexibility index (Phi) is 5.94. The number of benzene rings is 1. The first kappa shape index (κ1) is 16.2. The summed E-state index contributed by atoms with van der Waals surface area (Å²) in [6.45, 7) is 4.93. The van der Waals surface area contributed by atoms with Gasteiger partial charge in [-0.05, 0) is 57.1 Å². The van der Waals surface area contributed by atoms with Crippen molar-refractivity contribution < 1.29 is 13.5 Å². The third-order valence-electron chi connectivity index (χ3n) is 4.13. The van der Waals surface area contributed by atoms with Crippen molar-refractivity contribution in [3.8, 4) is 5.75 Å². The van der Waals surface area contributed by atoms with Gasteiger partial charge in [-0.3, -0.25) is 0 Å². The fourth-order valence-corrected chi connectivity index (χ4v) is 2.80. The molecule has 0 amide bonds. The van der Waals surface area contributed by atoms with Crippen molar-refractivity contribution >= 4 is 0 Å². The molecule has 0 radical (unpaired) electrons. The summed E-state index contributed by atoms with van der Waals surface area (Å²) < 4.78 is 28.6. The number of nitrogens with one attached hydrogen (secondary N) is 1. The Morgan fingerprint density at radius 2 is 1.86 bits per heavy atom. The number of hydrogen-bond acceptors (Lipinski definition) is 3. The Balaban J connectivity index is 1.84. The van der Waals surface area contributed by atoms with Crippen LogP contribution in [0.5, 0.6) is 5.75 Å². The number of rotatable bonds is 6. The Morgan fingerprint density at radius 3 is 2.38 bits per heavy atom. The van der Waals surface area contributed by atoms with Gasteiger partial charge < -0.3 is 15.0 Å². The van der Waals surface area contributed by atoms with Crippen LogP contribution in [-0.2, 0) is 0 Å². The van der Waals surface area contributed by atoms with E-state index in [9.17, 15) is 8.78 Å². The first-order chi connectivity index (χ1) is 10.1. The minimum atomic E-state index is -2.77. The molecule has 1 saturated heterocycles. The van der Waals surface area contributed by atoms with Gasteiger partial charge in [0.15, 0.2) is 0 Å². The van der Waals surface area contributed by atoms with Crippen LogP contribution in [0.15, 0.2) is 24.3 Å². The average Bonchev–Trinajstić information content (AvgIpc) is 2.48. The number of likely N-dealkylation sites (tertiary alicyclic amines) is 1. The third kappa shape index (κ3) is 4.93. The van der Waals surface area contributed by atoms with Crippen LogP contribution in [0.25, 0.3) is 0 Å². The zero-order chi connectivity index (χ0) is 15.2. The monoisotopic (exact) mass is 298 g/mol. The Bertz CT molecular complexity index is 417. The summed E-state index contributed by atoms with van der Waals surface area (Å²) in [7, 11) is 0. The van der Waals surface area contributed by atoms with E-state index in [-0.39, 0.29) is 11.8 Å². The molecule has 118 valence electrons. The summed E-state index contributed by atoms with van der Waals surface area (Å²) >= 11 is 0. The van der Waals surface area contributed by atoms with Crippen LogP contribution < -0.4 is 10.1 Å². The maximum Gasteiger partial charge on any atom is 0.387 e. The van der Waals surface area contributed by atoms with E-state index in [2.05, 4.69) is 28.8 Å². The first-order valence-electron chi connectivity index (χ1n) is 7.61. The molecule has 5 heteroatoms. The van der Waals surface area contributed by atoms with Crippen molar-refractivity contribution in [3.63, 3.8) is 0 Å². The minimum absolute atomic E-state index is 0.206. The highest BCUT2D eigenvalue weighted by Crippen LogP contribution is 2.21. The highest BCUT2D eigenvalue weighted by atomic mass is 19.3. The van der Waals surface area contributed by atoms with Gasteiger partial charge in [0.05, 0.1) is 0 Å². The van der Waals surface area contributed by atoms with E-state index in [1.165, 1.54) is 0 Å². The van der Waals surface area contributed by atoms with E-state index in [0.717, 1.165) is 38.0 Å². The Morgan fingerprint density at radius 1 is 1.24 bits per heavy atom. The standard InChI is InChI=1S/C16H24F2N2O/c1-3-20-10-8-14(9-11-20)19-12(2)13-4-6-15(7-5-13)21-16(17)18/h4-7,12,14,16,19H,3,8-11H2,1-2H3. The van der Waals surface area contributed by atoms with Crippen molar-refractivity contribution in [3.05, 3.63) is 29.8 Å². The Hall–Kier alpha value is -1.20. The molecule has 1 heterocycles. The van der Waals surface area contributed by atoms with Gasteiger partial charge in [0.25, 0.3) is 0 Å². The van der Waals surface area contributed by atoms with E-state index < -0.39 is 6.61 Å². The molecule has 1 unspecified atom stereocenters. The summed E-state index contributed by atoms with van der Waals surface area (Å²) in [5.41, 5.74) is 1.09. The molecule has 1 fully saturated rings. The zero-order valence-corrected chi connectivity index (χ0v) is 12.7. The van der Waals surface area contributed by atoms with Crippen LogP contribution >= 0.6 is 0 Å². The first-order valence-corrected chi connectivity index (χ1v) is 7.61. The fraction of sp³-hybridized carbons (Fsp3) is 0.625. The second kappa shape index (κ2) is 7.71. The maximum atomic E-state index is 12.1. The van der Waals surface area contributed by atoms with Crippen LogP contribution in [0.1, 0.15) is 38.3 Å². The van der Waals surface area contributed by atoms with E-state index in [1.807, 2.05) is 12.1 Å². The molecular weight excluding hydrogens is 274 g/mol. The molecule has 1 N–H and O–H groups in total. The summed E-state index contributed by atoms with van der Waals surface area (Å²) in [4.78, 5) is 2.46. The van der Waals surface area contributed by atoms with E-state index >= 15 is 0 Å². The highest BCUT2D eigenvalue weighted by molar-refractivity contribution is 5.29. The molecule has 2 rings (SSSR count). The largest absolute Gasteiger partial charge is 0.435 e. The molecule has 0 bridgehead atoms. The van der Waals surface area contributed by atoms with E-state index in [0.29, 0.717) is 6.04 Å². The summed E-state index contributed by atoms with van der Waals surface area (Å²) in [6, 6.07) is 7.62. The lowest BCUT2D eigenvalue weighted by atomic mass is 10.0. The SMILES string of the molecule is CCN1CCC(NC(C)c2ccc(OC(F)F)cc2)CC1. The van der Waals surface area contributed by atoms with Gasteiger partial charge in [-0.2, -0.15) is 8.78 Å². The van der Waals surface area contributed by atoms with Crippen LogP contribution in [0, 0.1) is 0 Å². The normalized spacial score (nSPS) is 18.9. The fourth-order valence-electron chi connectivity index (χ4n) is 2.80. The van der Waals surface area contributed by atoms with Gasteiger partial charge in [-0.15, -0.1) is 0 Å². The predicted octanol–water partition coefficient (Wildman–Crippen LogP) is 3.42. The number of halogens is 2. The second-order valence-electron chi connectivity index (χ2n) is 5.54. The number of nitrogens with zero attached hydrogens (tertiary/aromatic N) is 1. The molecule has 1 aromatic carbocycles. The number of ether oxygens (including phenoxy) is 1. The molecule has 0 spiro atoms. The van der Waals surface area contributed by atoms with Crippen molar-refractivity contribution in [2.45, 2.75) is 45.4 Å². The van der Waals surface area contributed by atoms with Crippen LogP contribution in [-0.4, -0.2) is 37.2 Å². The van der Waals surface area contributed by atoms with Gasteiger partial charge in [0.2, 0.25) is 0 Å². The number of hydrogen-bond donors (Lipinski definition) is 1. The lowest BCUT2D eigenvalue weighted by Gasteiger charge is -2.33. The molecule has 1 atom stereocenters. The van der Waals surface area contributed by atoms with Crippen molar-refractivity contribution in [2.75, 3.05) is 19.6 Å². The molecule has 1 aliphatic rings. The van der Waals surface area contributed by atoms with E-state index in [1.54, 1.807) is 12.1 Å². The Labute approximate surface area is 125 Å². The lowest BCUT2D eigenvalue weighted by molar-refractivity contribution is -0.0498. The second-order valence-corrected chi connectivity index (χ2v) is 5.54. The quantitative estimate of drug-likeness (QED) is 0.871. The molecule has 0 saturated carbocycles. The third-order valence-corrected chi connectivity index (χ3v) is 4.13. The number of alkyl halides is 2. The van der Waals surface area contributed by atoms with Gasteiger partial charge in [0, 0.05) is 12.1 Å². The predicted molar refractivity (Wildman–Crippen MR) is 79.8 cm³/mol. The molecule has 3 nitrogen and oxygen atoms in total. The minimum Gasteiger partial charge on any atom is -0.435 e. The molecule has 0 aromatic heterocycles. The average molecular weight is 298 g/mol. The van der Waals surface area contributed by atoms with Crippen LogP contribution in [0.2, 0.25) is 0 Å². The zero-order valence-electron chi connectivity index (χ0n) is 12.7. The van der Waals surface area contributed by atoms with Gasteiger partial charge in [0.1, 0.15) is 5.75 Å². The maximum absolute atomic E-state index is 12.1. The molecule has 21 heavy (non-hydrogen) atoms. The van der Waals surface area contributed by atoms with Gasteiger partial charge in [-0.1, -0.05) is 19.1 Å². The molecule has 0 aliphatic carbocycles. The van der Waals surface area contributed by atoms with Gasteiger partial charge >= 0.3 is 6.61 Å². The summed E-state index contributed by atoms with van der Waals surface area (Å²) in [5, 5.41) is 3.62. The molecule has 1 aromatic rings. The lowest BCUT2D eigenvalue weighted by Crippen LogP contribution is -2.43. The smallest absolute Gasteiger partial charge is 0.387 e. The highest BCUT2D eigenvalue weighted by Gasteiger charge is 2.19. The number of piperidine rings is 1. The van der Waals surface area contributed by atoms with Crippen LogP contribution in [0.4, 0.5) is 8.78 Å². The van der Waals surface area contributed by atoms with Crippen molar-refractivity contribution in [1.29, 1.82) is 0 Å². The van der Waals surface area contributed by atoms with E-state index in [4.69, 9.17) is 0 Å². The topological polar surface area (TPSA) is 24.5 Å².